The molecule has 0 unspecified atom stereocenters. The van der Waals surface area contributed by atoms with Crippen LogP contribution in [0.3, 0.4) is 0 Å². The van der Waals surface area contributed by atoms with Gasteiger partial charge in [0.25, 0.3) is 0 Å². The van der Waals surface area contributed by atoms with E-state index in [0.29, 0.717) is 50.0 Å². The molecule has 2 aromatic rings. The fourth-order valence-electron chi connectivity index (χ4n) is 5.14. The molecule has 3 atom stereocenters. The summed E-state index contributed by atoms with van der Waals surface area (Å²) in [6.07, 6.45) is 5.26. The third kappa shape index (κ3) is 9.63. The van der Waals surface area contributed by atoms with E-state index in [0.717, 1.165) is 42.4 Å². The fraction of sp³-hybridized carbons (Fsp3) is 0.515. The Labute approximate surface area is 243 Å². The number of rotatable bonds is 10. The van der Waals surface area contributed by atoms with Crippen molar-refractivity contribution in [3.05, 3.63) is 47.0 Å². The summed E-state index contributed by atoms with van der Waals surface area (Å²) in [5.74, 6) is 6.26. The van der Waals surface area contributed by atoms with E-state index in [1.807, 2.05) is 0 Å². The van der Waals surface area contributed by atoms with Crippen LogP contribution in [0.1, 0.15) is 87.8 Å². The van der Waals surface area contributed by atoms with Gasteiger partial charge < -0.3 is 29.2 Å². The van der Waals surface area contributed by atoms with E-state index in [4.69, 9.17) is 18.9 Å². The van der Waals surface area contributed by atoms with E-state index in [1.54, 1.807) is 30.3 Å². The molecule has 2 aromatic carbocycles. The van der Waals surface area contributed by atoms with Crippen LogP contribution in [0.25, 0.3) is 0 Å². The first kappa shape index (κ1) is 31.7. The first-order valence-electron chi connectivity index (χ1n) is 14.3. The van der Waals surface area contributed by atoms with Gasteiger partial charge in [-0.05, 0) is 60.2 Å². The van der Waals surface area contributed by atoms with Crippen molar-refractivity contribution < 1.29 is 38.7 Å². The van der Waals surface area contributed by atoms with Gasteiger partial charge in [-0.15, -0.1) is 0 Å². The van der Waals surface area contributed by atoms with Gasteiger partial charge in [-0.3, -0.25) is 9.59 Å². The first-order chi connectivity index (χ1) is 19.7. The highest BCUT2D eigenvalue weighted by Gasteiger charge is 2.27. The van der Waals surface area contributed by atoms with Crippen LogP contribution >= 0.6 is 0 Å². The SMILES string of the molecule is CCCCCCC(=O)O[C@@H]1C[C@@H](OC(C)=O)CCc2cc(OC)c(O)cc2CC#C[C@@H](c2ccc(O)c(OC)c2)C1. The van der Waals surface area contributed by atoms with Crippen LogP contribution in [0.2, 0.25) is 0 Å². The van der Waals surface area contributed by atoms with Crippen LogP contribution in [0.4, 0.5) is 0 Å². The number of carbonyl (C=O) groups excluding carboxylic acids is 2. The lowest BCUT2D eigenvalue weighted by molar-refractivity contribution is -0.155. The Balaban J connectivity index is 2.00. The monoisotopic (exact) mass is 566 g/mol. The van der Waals surface area contributed by atoms with Crippen molar-refractivity contribution in [2.45, 2.75) is 96.2 Å². The smallest absolute Gasteiger partial charge is 0.306 e. The molecule has 0 amide bonds. The molecule has 0 spiro atoms. The number of aromatic hydroxyl groups is 2. The highest BCUT2D eigenvalue weighted by molar-refractivity contribution is 5.69. The molecule has 222 valence electrons. The van der Waals surface area contributed by atoms with Crippen molar-refractivity contribution in [1.29, 1.82) is 0 Å². The summed E-state index contributed by atoms with van der Waals surface area (Å²) in [5.41, 5.74) is 2.59. The Morgan fingerprint density at radius 2 is 1.66 bits per heavy atom. The molecule has 0 saturated heterocycles. The number of benzene rings is 2. The second kappa shape index (κ2) is 15.8. The summed E-state index contributed by atoms with van der Waals surface area (Å²) in [4.78, 5) is 24.9. The Morgan fingerprint density at radius 1 is 0.902 bits per heavy atom. The average molecular weight is 567 g/mol. The largest absolute Gasteiger partial charge is 0.504 e. The number of fused-ring (bicyclic) bond motifs is 1. The molecular formula is C33H42O8. The van der Waals surface area contributed by atoms with Crippen molar-refractivity contribution in [2.24, 2.45) is 0 Å². The molecule has 41 heavy (non-hydrogen) atoms. The lowest BCUT2D eigenvalue weighted by Gasteiger charge is -2.27. The molecule has 8 heteroatoms. The van der Waals surface area contributed by atoms with Gasteiger partial charge in [-0.1, -0.05) is 44.1 Å². The highest BCUT2D eigenvalue weighted by Crippen LogP contribution is 2.34. The second-order valence-electron chi connectivity index (χ2n) is 10.4. The lowest BCUT2D eigenvalue weighted by Crippen LogP contribution is -2.29. The summed E-state index contributed by atoms with van der Waals surface area (Å²) in [7, 11) is 2.98. The van der Waals surface area contributed by atoms with Crippen molar-refractivity contribution in [3.8, 4) is 34.8 Å². The molecule has 1 aliphatic carbocycles. The number of carbonyl (C=O) groups is 2. The summed E-state index contributed by atoms with van der Waals surface area (Å²) < 4.78 is 22.4. The van der Waals surface area contributed by atoms with Crippen LogP contribution in [0, 0.1) is 11.8 Å². The van der Waals surface area contributed by atoms with Crippen LogP contribution in [-0.2, 0) is 31.9 Å². The predicted octanol–water partition coefficient (Wildman–Crippen LogP) is 5.99. The van der Waals surface area contributed by atoms with Crippen LogP contribution in [-0.4, -0.2) is 48.6 Å². The quantitative estimate of drug-likeness (QED) is 0.205. The number of methoxy groups -OCH3 is 2. The average Bonchev–Trinajstić information content (AvgIpc) is 2.93. The second-order valence-corrected chi connectivity index (χ2v) is 10.4. The maximum absolute atomic E-state index is 12.9. The Bertz CT molecular complexity index is 1240. The molecule has 8 nitrogen and oxygen atoms in total. The number of ether oxygens (including phenoxy) is 4. The van der Waals surface area contributed by atoms with Crippen molar-refractivity contribution in [2.75, 3.05) is 14.2 Å². The number of unbranched alkanes of at least 4 members (excludes halogenated alkanes) is 3. The number of hydrogen-bond acceptors (Lipinski definition) is 8. The number of phenolic OH excluding ortho intramolecular Hbond substituents is 2. The summed E-state index contributed by atoms with van der Waals surface area (Å²) in [5, 5.41) is 20.6. The van der Waals surface area contributed by atoms with Gasteiger partial charge in [0.1, 0.15) is 12.2 Å². The fourth-order valence-corrected chi connectivity index (χ4v) is 5.14. The van der Waals surface area contributed by atoms with Crippen molar-refractivity contribution in [3.63, 3.8) is 0 Å². The van der Waals surface area contributed by atoms with E-state index in [9.17, 15) is 19.8 Å². The van der Waals surface area contributed by atoms with Gasteiger partial charge in [0, 0.05) is 38.5 Å². The summed E-state index contributed by atoms with van der Waals surface area (Å²) >= 11 is 0. The van der Waals surface area contributed by atoms with E-state index in [1.165, 1.54) is 21.1 Å². The minimum atomic E-state index is -0.551. The maximum Gasteiger partial charge on any atom is 0.306 e. The molecule has 3 rings (SSSR count). The molecule has 0 fully saturated rings. The summed E-state index contributed by atoms with van der Waals surface area (Å²) in [6, 6.07) is 8.53. The van der Waals surface area contributed by atoms with Gasteiger partial charge in [-0.2, -0.15) is 0 Å². The van der Waals surface area contributed by atoms with Gasteiger partial charge in [0.05, 0.1) is 14.2 Å². The maximum atomic E-state index is 12.9. The van der Waals surface area contributed by atoms with Crippen LogP contribution in [0.15, 0.2) is 30.3 Å². The molecule has 0 aliphatic heterocycles. The van der Waals surface area contributed by atoms with Crippen LogP contribution in [0.5, 0.6) is 23.0 Å². The third-order valence-electron chi connectivity index (χ3n) is 7.29. The minimum Gasteiger partial charge on any atom is -0.504 e. The van der Waals surface area contributed by atoms with Crippen molar-refractivity contribution in [1.82, 2.24) is 0 Å². The molecule has 2 N–H and O–H groups in total. The molecule has 0 aromatic heterocycles. The molecule has 0 heterocycles. The first-order valence-corrected chi connectivity index (χ1v) is 14.3. The zero-order valence-electron chi connectivity index (χ0n) is 24.5. The van der Waals surface area contributed by atoms with E-state index in [2.05, 4.69) is 18.8 Å². The minimum absolute atomic E-state index is 0.0145. The Hall–Kier alpha value is -3.86. The summed E-state index contributed by atoms with van der Waals surface area (Å²) in [6.45, 7) is 3.49. The van der Waals surface area contributed by atoms with Gasteiger partial charge in [-0.25, -0.2) is 0 Å². The normalized spacial score (nSPS) is 18.9. The standard InChI is InChI=1S/C33H42O8/c1-5-6-7-8-12-33(37)41-28-17-23(26-14-16-29(35)31(19-26)38-3)10-9-11-24-18-30(36)32(39-4)20-25(24)13-15-27(21-28)40-22(2)34/h14,16,18-20,23,27-28,35-36H,5-8,11-13,15,17,21H2,1-4H3/t23-,27+,28+/m1/s1. The number of phenols is 2. The van der Waals surface area contributed by atoms with Gasteiger partial charge in [0.2, 0.25) is 0 Å². The predicted molar refractivity (Wildman–Crippen MR) is 155 cm³/mol. The van der Waals surface area contributed by atoms with E-state index in [-0.39, 0.29) is 23.4 Å². The molecule has 1 aliphatic rings. The highest BCUT2D eigenvalue weighted by atomic mass is 16.6. The molecule has 0 bridgehead atoms. The Morgan fingerprint density at radius 3 is 2.37 bits per heavy atom. The number of hydrogen-bond donors (Lipinski definition) is 2. The number of aryl methyl sites for hydroxylation is 1. The van der Waals surface area contributed by atoms with E-state index >= 15 is 0 Å². The van der Waals surface area contributed by atoms with E-state index < -0.39 is 18.2 Å². The molecule has 0 radical (unpaired) electrons. The van der Waals surface area contributed by atoms with Crippen LogP contribution < -0.4 is 9.47 Å². The topological polar surface area (TPSA) is 112 Å². The zero-order valence-corrected chi connectivity index (χ0v) is 24.5. The van der Waals surface area contributed by atoms with Crippen molar-refractivity contribution >= 4 is 11.9 Å². The van der Waals surface area contributed by atoms with Gasteiger partial charge in [0.15, 0.2) is 23.0 Å². The third-order valence-corrected chi connectivity index (χ3v) is 7.29. The molecular weight excluding hydrogens is 524 g/mol. The lowest BCUT2D eigenvalue weighted by atomic mass is 9.88. The van der Waals surface area contributed by atoms with Gasteiger partial charge >= 0.3 is 11.9 Å². The number of esters is 2. The molecule has 0 saturated carbocycles. The zero-order chi connectivity index (χ0) is 29.8. The Kier molecular flexibility index (Phi) is 12.2.